The molecule has 0 unspecified atom stereocenters. The van der Waals surface area contributed by atoms with Crippen molar-refractivity contribution in [1.82, 2.24) is 9.88 Å². The van der Waals surface area contributed by atoms with Crippen molar-refractivity contribution in [3.05, 3.63) is 53.7 Å². The second kappa shape index (κ2) is 6.54. The summed E-state index contributed by atoms with van der Waals surface area (Å²) in [6.45, 7) is 7.00. The first-order valence-corrected chi connectivity index (χ1v) is 7.98. The highest BCUT2D eigenvalue weighted by atomic mass is 16.5. The number of oxazole rings is 1. The largest absolute Gasteiger partial charge is 0.447 e. The SMILES string of the molecule is CC(C)c1ocnc1C(=O)N1C[C@H](C)OC[C@H]1c1ccccc1. The van der Waals surface area contributed by atoms with Crippen LogP contribution in [0.3, 0.4) is 0 Å². The Morgan fingerprint density at radius 1 is 1.30 bits per heavy atom. The van der Waals surface area contributed by atoms with Crippen molar-refractivity contribution < 1.29 is 13.9 Å². The molecule has 1 aliphatic rings. The fraction of sp³-hybridized carbons (Fsp3) is 0.444. The predicted octanol–water partition coefficient (Wildman–Crippen LogP) is 3.40. The minimum Gasteiger partial charge on any atom is -0.447 e. The number of hydrogen-bond donors (Lipinski definition) is 0. The number of aromatic nitrogens is 1. The Bertz CT molecular complexity index is 666. The monoisotopic (exact) mass is 314 g/mol. The van der Waals surface area contributed by atoms with Crippen LogP contribution < -0.4 is 0 Å². The maximum atomic E-state index is 13.1. The first-order chi connectivity index (χ1) is 11.1. The Balaban J connectivity index is 1.93. The van der Waals surface area contributed by atoms with Gasteiger partial charge in [-0.3, -0.25) is 4.79 Å². The van der Waals surface area contributed by atoms with Gasteiger partial charge in [0.1, 0.15) is 5.76 Å². The van der Waals surface area contributed by atoms with E-state index in [1.54, 1.807) is 0 Å². The zero-order valence-electron chi connectivity index (χ0n) is 13.7. The van der Waals surface area contributed by atoms with E-state index in [4.69, 9.17) is 9.15 Å². The molecule has 0 aliphatic carbocycles. The highest BCUT2D eigenvalue weighted by molar-refractivity contribution is 5.93. The normalized spacial score (nSPS) is 21.7. The highest BCUT2D eigenvalue weighted by Crippen LogP contribution is 2.29. The molecule has 23 heavy (non-hydrogen) atoms. The molecule has 1 aromatic carbocycles. The van der Waals surface area contributed by atoms with Crippen LogP contribution in [0.25, 0.3) is 0 Å². The third-order valence-electron chi connectivity index (χ3n) is 4.14. The third kappa shape index (κ3) is 3.15. The van der Waals surface area contributed by atoms with Gasteiger partial charge in [0.2, 0.25) is 0 Å². The van der Waals surface area contributed by atoms with Gasteiger partial charge in [-0.15, -0.1) is 0 Å². The second-order valence-electron chi connectivity index (χ2n) is 6.25. The predicted molar refractivity (Wildman–Crippen MR) is 86.2 cm³/mol. The highest BCUT2D eigenvalue weighted by Gasteiger charge is 2.34. The number of carbonyl (C=O) groups is 1. The van der Waals surface area contributed by atoms with E-state index in [1.807, 2.05) is 56.0 Å². The summed E-state index contributed by atoms with van der Waals surface area (Å²) >= 11 is 0. The molecule has 0 radical (unpaired) electrons. The minimum absolute atomic E-state index is 0.00770. The Morgan fingerprint density at radius 3 is 2.74 bits per heavy atom. The van der Waals surface area contributed by atoms with E-state index < -0.39 is 0 Å². The van der Waals surface area contributed by atoms with E-state index in [9.17, 15) is 4.79 Å². The Morgan fingerprint density at radius 2 is 2.04 bits per heavy atom. The molecule has 0 spiro atoms. The summed E-state index contributed by atoms with van der Waals surface area (Å²) < 4.78 is 11.2. The fourth-order valence-corrected chi connectivity index (χ4v) is 2.94. The zero-order chi connectivity index (χ0) is 16.4. The zero-order valence-corrected chi connectivity index (χ0v) is 13.7. The molecule has 2 atom stereocenters. The van der Waals surface area contributed by atoms with Gasteiger partial charge in [0, 0.05) is 12.5 Å². The van der Waals surface area contributed by atoms with Crippen LogP contribution in [0.5, 0.6) is 0 Å². The quantitative estimate of drug-likeness (QED) is 0.871. The summed E-state index contributed by atoms with van der Waals surface area (Å²) in [4.78, 5) is 19.1. The van der Waals surface area contributed by atoms with Gasteiger partial charge < -0.3 is 14.1 Å². The van der Waals surface area contributed by atoms with E-state index in [-0.39, 0.29) is 24.0 Å². The van der Waals surface area contributed by atoms with Crippen LogP contribution in [0.15, 0.2) is 41.1 Å². The number of rotatable bonds is 3. The van der Waals surface area contributed by atoms with Crippen molar-refractivity contribution >= 4 is 5.91 Å². The Labute approximate surface area is 136 Å². The molecule has 0 saturated carbocycles. The maximum Gasteiger partial charge on any atom is 0.276 e. The van der Waals surface area contributed by atoms with Crippen LogP contribution in [0, 0.1) is 0 Å². The molecule has 2 aromatic rings. The van der Waals surface area contributed by atoms with E-state index >= 15 is 0 Å². The van der Waals surface area contributed by atoms with Gasteiger partial charge in [-0.25, -0.2) is 4.98 Å². The molecule has 1 amide bonds. The Hall–Kier alpha value is -2.14. The van der Waals surface area contributed by atoms with Crippen LogP contribution in [-0.2, 0) is 4.74 Å². The molecule has 5 heteroatoms. The molecule has 0 bridgehead atoms. The van der Waals surface area contributed by atoms with E-state index in [1.165, 1.54) is 6.39 Å². The van der Waals surface area contributed by atoms with Crippen molar-refractivity contribution in [1.29, 1.82) is 0 Å². The molecule has 2 heterocycles. The summed E-state index contributed by atoms with van der Waals surface area (Å²) in [5.41, 5.74) is 1.48. The topological polar surface area (TPSA) is 55.6 Å². The second-order valence-corrected chi connectivity index (χ2v) is 6.25. The third-order valence-corrected chi connectivity index (χ3v) is 4.14. The van der Waals surface area contributed by atoms with Crippen molar-refractivity contribution in [2.45, 2.75) is 38.8 Å². The number of ether oxygens (including phenoxy) is 1. The Kier molecular flexibility index (Phi) is 4.48. The summed E-state index contributed by atoms with van der Waals surface area (Å²) in [7, 11) is 0. The summed E-state index contributed by atoms with van der Waals surface area (Å²) in [6.07, 6.45) is 1.36. The standard InChI is InChI=1S/C18H22N2O3/c1-12(2)17-16(19-11-23-17)18(21)20-9-13(3)22-10-15(20)14-7-5-4-6-8-14/h4-8,11-13,15H,9-10H2,1-3H3/t13-,15-/m0/s1. The van der Waals surface area contributed by atoms with Gasteiger partial charge >= 0.3 is 0 Å². The van der Waals surface area contributed by atoms with Crippen LogP contribution in [0.2, 0.25) is 0 Å². The van der Waals surface area contributed by atoms with Gasteiger partial charge in [-0.1, -0.05) is 44.2 Å². The van der Waals surface area contributed by atoms with Gasteiger partial charge in [-0.2, -0.15) is 0 Å². The lowest BCUT2D eigenvalue weighted by Gasteiger charge is -2.38. The van der Waals surface area contributed by atoms with E-state index in [0.717, 1.165) is 5.56 Å². The van der Waals surface area contributed by atoms with Gasteiger partial charge in [0.05, 0.1) is 18.8 Å². The first-order valence-electron chi connectivity index (χ1n) is 7.98. The smallest absolute Gasteiger partial charge is 0.276 e. The molecule has 1 fully saturated rings. The lowest BCUT2D eigenvalue weighted by molar-refractivity contribution is -0.0450. The van der Waals surface area contributed by atoms with Crippen molar-refractivity contribution in [2.75, 3.05) is 13.2 Å². The van der Waals surface area contributed by atoms with Crippen LogP contribution in [0.4, 0.5) is 0 Å². The average Bonchev–Trinajstić information content (AvgIpc) is 3.05. The van der Waals surface area contributed by atoms with Crippen molar-refractivity contribution in [2.24, 2.45) is 0 Å². The molecule has 5 nitrogen and oxygen atoms in total. The van der Waals surface area contributed by atoms with Crippen LogP contribution >= 0.6 is 0 Å². The van der Waals surface area contributed by atoms with E-state index in [2.05, 4.69) is 4.98 Å². The number of hydrogen-bond acceptors (Lipinski definition) is 4. The summed E-state index contributed by atoms with van der Waals surface area (Å²) in [5, 5.41) is 0. The molecule has 1 aliphatic heterocycles. The summed E-state index contributed by atoms with van der Waals surface area (Å²) in [6, 6.07) is 9.87. The molecular formula is C18H22N2O3. The number of benzene rings is 1. The molecule has 3 rings (SSSR count). The van der Waals surface area contributed by atoms with Crippen LogP contribution in [0.1, 0.15) is 54.5 Å². The molecule has 1 saturated heterocycles. The molecular weight excluding hydrogens is 292 g/mol. The number of amides is 1. The first kappa shape index (κ1) is 15.7. The number of carbonyl (C=O) groups excluding carboxylic acids is 1. The van der Waals surface area contributed by atoms with Crippen LogP contribution in [-0.4, -0.2) is 35.0 Å². The molecule has 0 N–H and O–H groups in total. The average molecular weight is 314 g/mol. The van der Waals surface area contributed by atoms with Crippen molar-refractivity contribution in [3.8, 4) is 0 Å². The number of morpholine rings is 1. The number of nitrogens with zero attached hydrogens (tertiary/aromatic N) is 2. The fourth-order valence-electron chi connectivity index (χ4n) is 2.94. The lowest BCUT2D eigenvalue weighted by Crippen LogP contribution is -2.47. The van der Waals surface area contributed by atoms with E-state index in [0.29, 0.717) is 24.6 Å². The van der Waals surface area contributed by atoms with Gasteiger partial charge in [0.15, 0.2) is 12.1 Å². The molecule has 122 valence electrons. The molecule has 1 aromatic heterocycles. The van der Waals surface area contributed by atoms with Gasteiger partial charge in [-0.05, 0) is 12.5 Å². The summed E-state index contributed by atoms with van der Waals surface area (Å²) in [5.74, 6) is 0.664. The lowest BCUT2D eigenvalue weighted by atomic mass is 10.0. The van der Waals surface area contributed by atoms with Crippen molar-refractivity contribution in [3.63, 3.8) is 0 Å². The maximum absolute atomic E-state index is 13.1. The van der Waals surface area contributed by atoms with Gasteiger partial charge in [0.25, 0.3) is 5.91 Å². The minimum atomic E-state index is -0.100.